The second kappa shape index (κ2) is 10.7. The maximum Gasteiger partial charge on any atom is 0.573 e. The summed E-state index contributed by atoms with van der Waals surface area (Å²) < 4.78 is 58.1. The van der Waals surface area contributed by atoms with Gasteiger partial charge in [0.1, 0.15) is 17.3 Å². The highest BCUT2D eigenvalue weighted by Crippen LogP contribution is 2.64. The van der Waals surface area contributed by atoms with Gasteiger partial charge in [-0.1, -0.05) is 41.4 Å². The molecule has 3 aromatic carbocycles. The summed E-state index contributed by atoms with van der Waals surface area (Å²) in [5.74, 6) is -9.14. The summed E-state index contributed by atoms with van der Waals surface area (Å²) in [4.78, 5) is 58.4. The van der Waals surface area contributed by atoms with E-state index in [4.69, 9.17) is 11.6 Å². The highest BCUT2D eigenvalue weighted by molar-refractivity contribution is 6.32. The second-order valence-corrected chi connectivity index (χ2v) is 12.8. The number of fused-ring (bicyclic) bond motifs is 4. The number of para-hydroxylation sites is 1. The number of rotatable bonds is 4. The van der Waals surface area contributed by atoms with Crippen molar-refractivity contribution < 1.29 is 46.6 Å². The number of hydrogen-bond donors (Lipinski definition) is 1. The predicted molar refractivity (Wildman–Crippen MR) is 160 cm³/mol. The fraction of sp³-hybridized carbons (Fsp3) is 0.294. The van der Waals surface area contributed by atoms with E-state index >= 15 is 0 Å². The molecule has 242 valence electrons. The molecule has 0 spiro atoms. The summed E-state index contributed by atoms with van der Waals surface area (Å²) in [5, 5.41) is 10.8. The molecule has 3 fully saturated rings. The summed E-state index contributed by atoms with van der Waals surface area (Å²) in [5.41, 5.74) is -1.01. The Hall–Kier alpha value is -4.71. The van der Waals surface area contributed by atoms with E-state index in [2.05, 4.69) is 4.74 Å². The van der Waals surface area contributed by atoms with Crippen LogP contribution in [-0.4, -0.2) is 35.1 Å². The lowest BCUT2D eigenvalue weighted by molar-refractivity contribution is -0.274. The van der Waals surface area contributed by atoms with Gasteiger partial charge in [0.15, 0.2) is 0 Å². The van der Waals surface area contributed by atoms with Crippen LogP contribution < -0.4 is 14.5 Å². The number of nitrogens with zero attached hydrogens (tertiary/aromatic N) is 2. The molecule has 8 nitrogen and oxygen atoms in total. The van der Waals surface area contributed by atoms with E-state index in [0.29, 0.717) is 11.3 Å². The predicted octanol–water partition coefficient (Wildman–Crippen LogP) is 6.52. The summed E-state index contributed by atoms with van der Waals surface area (Å²) in [6.45, 7) is 1.49. The first kappa shape index (κ1) is 30.9. The van der Waals surface area contributed by atoms with Gasteiger partial charge in [-0.15, -0.1) is 13.2 Å². The molecule has 0 aromatic heterocycles. The van der Waals surface area contributed by atoms with Crippen LogP contribution in [0.3, 0.4) is 0 Å². The van der Waals surface area contributed by atoms with Crippen LogP contribution in [0.4, 0.5) is 28.9 Å². The fourth-order valence-electron chi connectivity index (χ4n) is 8.02. The van der Waals surface area contributed by atoms with Crippen molar-refractivity contribution in [1.82, 2.24) is 0 Å². The summed E-state index contributed by atoms with van der Waals surface area (Å²) in [6, 6.07) is 14.6. The number of carbonyl (C=O) groups is 4. The van der Waals surface area contributed by atoms with E-state index in [1.54, 1.807) is 36.4 Å². The van der Waals surface area contributed by atoms with Crippen LogP contribution in [0, 0.1) is 34.9 Å². The molecule has 2 aliphatic heterocycles. The number of hydrogen-bond acceptors (Lipinski definition) is 6. The fourth-order valence-corrected chi connectivity index (χ4v) is 8.20. The molecular weight excluding hydrogens is 644 g/mol. The monoisotopic (exact) mass is 668 g/mol. The first-order valence-electron chi connectivity index (χ1n) is 14.8. The number of phenols is 1. The molecular formula is C34H25ClF4N2O6. The maximum absolute atomic E-state index is 14.5. The van der Waals surface area contributed by atoms with E-state index in [-0.39, 0.29) is 29.1 Å². The number of ether oxygens (including phenoxy) is 1. The molecule has 13 heteroatoms. The van der Waals surface area contributed by atoms with E-state index in [1.165, 1.54) is 13.0 Å². The third-order valence-electron chi connectivity index (χ3n) is 9.99. The lowest BCUT2D eigenvalue weighted by Gasteiger charge is -2.49. The third kappa shape index (κ3) is 4.63. The Bertz CT molecular complexity index is 1900. The number of carbonyl (C=O) groups excluding carboxylic acids is 4. The van der Waals surface area contributed by atoms with Crippen molar-refractivity contribution in [3.05, 3.63) is 94.8 Å². The van der Waals surface area contributed by atoms with Crippen molar-refractivity contribution in [2.45, 2.75) is 32.0 Å². The number of amides is 4. The molecule has 2 heterocycles. The number of imide groups is 2. The number of aromatic hydroxyl groups is 1. The first-order valence-corrected chi connectivity index (χ1v) is 15.1. The van der Waals surface area contributed by atoms with E-state index in [0.717, 1.165) is 40.1 Å². The van der Waals surface area contributed by atoms with E-state index in [9.17, 15) is 41.8 Å². The average molecular weight is 669 g/mol. The molecule has 7 rings (SSSR count). The molecule has 1 saturated carbocycles. The average Bonchev–Trinajstić information content (AvgIpc) is 3.39. The lowest BCUT2D eigenvalue weighted by atomic mass is 9.51. The normalized spacial score (nSPS) is 28.6. The SMILES string of the molecule is C[C@@]12C(=O)N(c3ccc(F)c(Cl)c3)C(=O)[C@@H]1C[C@@H]1C(=CC[C@@H]3C(=O)N(c4ccccc4)C(=O)[C@@H]31)[C@@H]2c1cc(OC(F)(F)F)ccc1O. The van der Waals surface area contributed by atoms with Crippen LogP contribution in [0.2, 0.25) is 5.02 Å². The Morgan fingerprint density at radius 2 is 1.62 bits per heavy atom. The minimum Gasteiger partial charge on any atom is -0.508 e. The minimum atomic E-state index is -5.07. The van der Waals surface area contributed by atoms with Gasteiger partial charge in [-0.3, -0.25) is 24.1 Å². The van der Waals surface area contributed by atoms with Gasteiger partial charge in [0.05, 0.1) is 39.6 Å². The zero-order valence-corrected chi connectivity index (χ0v) is 25.3. The van der Waals surface area contributed by atoms with Gasteiger partial charge in [0.2, 0.25) is 23.6 Å². The van der Waals surface area contributed by atoms with Gasteiger partial charge < -0.3 is 9.84 Å². The molecule has 3 aromatic rings. The summed E-state index contributed by atoms with van der Waals surface area (Å²) >= 11 is 6.00. The smallest absolute Gasteiger partial charge is 0.508 e. The number of halogens is 5. The molecule has 0 radical (unpaired) electrons. The molecule has 1 N–H and O–H groups in total. The Morgan fingerprint density at radius 3 is 2.30 bits per heavy atom. The van der Waals surface area contributed by atoms with Crippen LogP contribution in [0.15, 0.2) is 78.4 Å². The number of allylic oxidation sites excluding steroid dienone is 2. The summed E-state index contributed by atoms with van der Waals surface area (Å²) in [7, 11) is 0. The van der Waals surface area contributed by atoms with Crippen molar-refractivity contribution in [1.29, 1.82) is 0 Å². The third-order valence-corrected chi connectivity index (χ3v) is 10.3. The number of alkyl halides is 3. The topological polar surface area (TPSA) is 104 Å². The van der Waals surface area contributed by atoms with Crippen LogP contribution in [0.25, 0.3) is 0 Å². The van der Waals surface area contributed by atoms with Gasteiger partial charge in [0, 0.05) is 11.5 Å². The molecule has 2 saturated heterocycles. The van der Waals surface area contributed by atoms with Crippen molar-refractivity contribution in [3.63, 3.8) is 0 Å². The van der Waals surface area contributed by atoms with Crippen LogP contribution in [0.1, 0.15) is 31.2 Å². The number of anilines is 2. The Morgan fingerprint density at radius 1 is 0.894 bits per heavy atom. The largest absolute Gasteiger partial charge is 0.573 e. The highest BCUT2D eigenvalue weighted by atomic mass is 35.5. The van der Waals surface area contributed by atoms with Crippen molar-refractivity contribution in [2.24, 2.45) is 29.1 Å². The second-order valence-electron chi connectivity index (χ2n) is 12.4. The van der Waals surface area contributed by atoms with Gasteiger partial charge in [-0.05, 0) is 74.2 Å². The van der Waals surface area contributed by atoms with Gasteiger partial charge in [-0.25, -0.2) is 9.29 Å². The van der Waals surface area contributed by atoms with Gasteiger partial charge in [0.25, 0.3) is 0 Å². The molecule has 4 amide bonds. The molecule has 2 aliphatic carbocycles. The Labute approximate surface area is 270 Å². The van der Waals surface area contributed by atoms with Crippen molar-refractivity contribution >= 4 is 46.6 Å². The van der Waals surface area contributed by atoms with E-state index in [1.807, 2.05) is 0 Å². The van der Waals surface area contributed by atoms with E-state index < -0.39 is 82.3 Å². The maximum atomic E-state index is 14.5. The van der Waals surface area contributed by atoms with Crippen molar-refractivity contribution in [3.8, 4) is 11.5 Å². The van der Waals surface area contributed by atoms with Crippen LogP contribution in [-0.2, 0) is 19.2 Å². The van der Waals surface area contributed by atoms with Gasteiger partial charge in [-0.2, -0.15) is 0 Å². The Kier molecular flexibility index (Phi) is 7.01. The first-order chi connectivity index (χ1) is 22.2. The summed E-state index contributed by atoms with van der Waals surface area (Å²) in [6.07, 6.45) is -3.33. The molecule has 0 unspecified atom stereocenters. The van der Waals surface area contributed by atoms with Crippen molar-refractivity contribution in [2.75, 3.05) is 9.80 Å². The molecule has 6 atom stereocenters. The molecule has 47 heavy (non-hydrogen) atoms. The molecule has 4 aliphatic rings. The number of benzene rings is 3. The lowest BCUT2D eigenvalue weighted by Crippen LogP contribution is -2.49. The van der Waals surface area contributed by atoms with Crippen LogP contribution in [0.5, 0.6) is 11.5 Å². The minimum absolute atomic E-state index is 0.0173. The standard InChI is InChI=1S/C34H25ClF4N2O6/c1-33-23(30(44)41(32(33)46)17-7-11-25(36)24(35)13-17)15-21-19(28(33)22-14-18(8-12-26(22)42)47-34(37,38)39)9-10-20-27(21)31(45)40(29(20)43)16-5-3-2-4-6-16/h2-9,11-14,20-21,23,27-28,42H,10,15H2,1H3/t20-,21+,23-,27-,28+,33+/m0/s1. The molecule has 0 bridgehead atoms. The highest BCUT2D eigenvalue weighted by Gasteiger charge is 2.68. The van der Waals surface area contributed by atoms with Crippen LogP contribution >= 0.6 is 11.6 Å². The Balaban J connectivity index is 1.39. The quantitative estimate of drug-likeness (QED) is 0.193. The van der Waals surface area contributed by atoms with Gasteiger partial charge >= 0.3 is 6.36 Å². The zero-order chi connectivity index (χ0) is 33.6. The number of phenolic OH excluding ortho intramolecular Hbond substituents is 1. The zero-order valence-electron chi connectivity index (χ0n) is 24.5.